The van der Waals surface area contributed by atoms with Crippen LogP contribution in [0.4, 0.5) is 5.69 Å². The maximum atomic E-state index is 12.7. The first-order valence-electron chi connectivity index (χ1n) is 10.9. The molecule has 3 aromatic carbocycles. The van der Waals surface area contributed by atoms with Crippen LogP contribution >= 0.6 is 0 Å². The molecule has 0 aliphatic heterocycles. The number of carbonyl (C=O) groups excluding carboxylic acids is 1. The Kier molecular flexibility index (Phi) is 6.68. The van der Waals surface area contributed by atoms with Gasteiger partial charge in [-0.2, -0.15) is 0 Å². The quantitative estimate of drug-likeness (QED) is 0.579. The molecule has 160 valence electrons. The number of hydrogen-bond donors (Lipinski definition) is 1. The minimum atomic E-state index is -0.101. The van der Waals surface area contributed by atoms with Crippen molar-refractivity contribution in [2.45, 2.75) is 25.9 Å². The molecule has 0 saturated heterocycles. The van der Waals surface area contributed by atoms with Crippen LogP contribution in [0.3, 0.4) is 0 Å². The molecule has 0 fully saturated rings. The molecule has 1 amide bonds. The third kappa shape index (κ3) is 5.74. The van der Waals surface area contributed by atoms with Crippen LogP contribution in [0.2, 0.25) is 0 Å². The second-order valence-corrected chi connectivity index (χ2v) is 8.61. The number of aryl methyl sites for hydroxylation is 1. The number of anilines is 1. The van der Waals surface area contributed by atoms with Crippen molar-refractivity contribution in [2.24, 2.45) is 5.92 Å². The topological polar surface area (TPSA) is 41.6 Å². The van der Waals surface area contributed by atoms with Crippen molar-refractivity contribution in [1.29, 1.82) is 0 Å². The van der Waals surface area contributed by atoms with E-state index in [9.17, 15) is 4.79 Å². The molecule has 0 radical (unpaired) electrons. The van der Waals surface area contributed by atoms with Gasteiger partial charge in [-0.1, -0.05) is 36.4 Å². The fourth-order valence-electron chi connectivity index (χ4n) is 4.23. The first-order chi connectivity index (χ1) is 15.1. The lowest BCUT2D eigenvalue weighted by Gasteiger charge is -2.27. The Labute approximate surface area is 184 Å². The predicted octanol–water partition coefficient (Wildman–Crippen LogP) is 5.18. The summed E-state index contributed by atoms with van der Waals surface area (Å²) in [5, 5.41) is 3.04. The number of nitrogens with one attached hydrogen (secondary N) is 1. The summed E-state index contributed by atoms with van der Waals surface area (Å²) in [6.45, 7) is 1.64. The Morgan fingerprint density at radius 1 is 1.00 bits per heavy atom. The van der Waals surface area contributed by atoms with Gasteiger partial charge >= 0.3 is 0 Å². The average molecular weight is 415 g/mol. The number of hydrogen-bond acceptors (Lipinski definition) is 3. The molecular formula is C27H30N2O2. The zero-order valence-corrected chi connectivity index (χ0v) is 18.3. The summed E-state index contributed by atoms with van der Waals surface area (Å²) >= 11 is 0. The van der Waals surface area contributed by atoms with Crippen LogP contribution in [-0.2, 0) is 19.4 Å². The zero-order chi connectivity index (χ0) is 21.6. The van der Waals surface area contributed by atoms with Crippen LogP contribution in [0, 0.1) is 5.92 Å². The van der Waals surface area contributed by atoms with Crippen LogP contribution in [0.5, 0.6) is 5.75 Å². The highest BCUT2D eigenvalue weighted by Crippen LogP contribution is 2.28. The summed E-state index contributed by atoms with van der Waals surface area (Å²) in [7, 11) is 4.27. The molecule has 0 saturated carbocycles. The molecule has 3 aromatic rings. The fraction of sp³-hybridized carbons (Fsp3) is 0.296. The van der Waals surface area contributed by atoms with Crippen molar-refractivity contribution >= 4 is 11.6 Å². The SMILES string of the molecule is CN(C)CC1CCc2cc(NC(=O)c3ccc(OCc4ccccc4)cc3)ccc2C1. The van der Waals surface area contributed by atoms with Crippen molar-refractivity contribution in [1.82, 2.24) is 4.90 Å². The van der Waals surface area contributed by atoms with E-state index >= 15 is 0 Å². The van der Waals surface area contributed by atoms with Gasteiger partial charge in [0.25, 0.3) is 5.91 Å². The largest absolute Gasteiger partial charge is 0.489 e. The Hall–Kier alpha value is -3.11. The molecule has 4 rings (SSSR count). The molecule has 0 spiro atoms. The highest BCUT2D eigenvalue weighted by molar-refractivity contribution is 6.04. The fourth-order valence-corrected chi connectivity index (χ4v) is 4.23. The van der Waals surface area contributed by atoms with E-state index in [0.717, 1.165) is 36.4 Å². The van der Waals surface area contributed by atoms with Gasteiger partial charge in [-0.3, -0.25) is 4.79 Å². The third-order valence-electron chi connectivity index (χ3n) is 5.78. The molecule has 1 aliphatic rings. The van der Waals surface area contributed by atoms with E-state index in [1.807, 2.05) is 48.5 Å². The summed E-state index contributed by atoms with van der Waals surface area (Å²) in [5.41, 5.74) is 5.37. The van der Waals surface area contributed by atoms with Crippen LogP contribution < -0.4 is 10.1 Å². The van der Waals surface area contributed by atoms with Gasteiger partial charge < -0.3 is 15.0 Å². The lowest BCUT2D eigenvalue weighted by atomic mass is 9.83. The van der Waals surface area contributed by atoms with E-state index < -0.39 is 0 Å². The summed E-state index contributed by atoms with van der Waals surface area (Å²) in [6.07, 6.45) is 3.39. The number of ether oxygens (including phenoxy) is 1. The van der Waals surface area contributed by atoms with Gasteiger partial charge in [0.05, 0.1) is 0 Å². The molecule has 0 bridgehead atoms. The van der Waals surface area contributed by atoms with Crippen molar-refractivity contribution in [2.75, 3.05) is 26.0 Å². The minimum Gasteiger partial charge on any atom is -0.489 e. The Morgan fingerprint density at radius 3 is 2.52 bits per heavy atom. The first kappa shape index (κ1) is 21.1. The van der Waals surface area contributed by atoms with Crippen LogP contribution in [0.1, 0.15) is 33.5 Å². The maximum absolute atomic E-state index is 12.7. The van der Waals surface area contributed by atoms with E-state index in [1.54, 1.807) is 12.1 Å². The highest BCUT2D eigenvalue weighted by Gasteiger charge is 2.19. The monoisotopic (exact) mass is 414 g/mol. The number of benzene rings is 3. The number of rotatable bonds is 7. The Bertz CT molecular complexity index is 1010. The first-order valence-corrected chi connectivity index (χ1v) is 10.9. The molecule has 4 heteroatoms. The van der Waals surface area contributed by atoms with Crippen molar-refractivity contribution < 1.29 is 9.53 Å². The van der Waals surface area contributed by atoms with Gasteiger partial charge in [0.1, 0.15) is 12.4 Å². The molecule has 1 atom stereocenters. The molecule has 1 unspecified atom stereocenters. The summed E-state index contributed by atoms with van der Waals surface area (Å²) in [5.74, 6) is 1.36. The second kappa shape index (κ2) is 9.80. The van der Waals surface area contributed by atoms with E-state index in [-0.39, 0.29) is 5.91 Å². The normalized spacial score (nSPS) is 15.4. The maximum Gasteiger partial charge on any atom is 0.255 e. The summed E-state index contributed by atoms with van der Waals surface area (Å²) in [4.78, 5) is 15.0. The van der Waals surface area contributed by atoms with Gasteiger partial charge in [-0.05, 0) is 92.4 Å². The molecule has 1 aliphatic carbocycles. The van der Waals surface area contributed by atoms with Gasteiger partial charge in [-0.15, -0.1) is 0 Å². The van der Waals surface area contributed by atoms with Crippen LogP contribution in [0.15, 0.2) is 72.8 Å². The van der Waals surface area contributed by atoms with Gasteiger partial charge in [0.2, 0.25) is 0 Å². The molecule has 31 heavy (non-hydrogen) atoms. The van der Waals surface area contributed by atoms with E-state index in [0.29, 0.717) is 18.1 Å². The Morgan fingerprint density at radius 2 is 1.77 bits per heavy atom. The molecule has 4 nitrogen and oxygen atoms in total. The summed E-state index contributed by atoms with van der Waals surface area (Å²) in [6, 6.07) is 23.7. The molecule has 0 heterocycles. The number of nitrogens with zero attached hydrogens (tertiary/aromatic N) is 1. The average Bonchev–Trinajstić information content (AvgIpc) is 2.78. The molecular weight excluding hydrogens is 384 g/mol. The van der Waals surface area contributed by atoms with Crippen LogP contribution in [-0.4, -0.2) is 31.4 Å². The van der Waals surface area contributed by atoms with Gasteiger partial charge in [0.15, 0.2) is 0 Å². The van der Waals surface area contributed by atoms with Gasteiger partial charge in [0, 0.05) is 17.8 Å². The lowest BCUT2D eigenvalue weighted by Crippen LogP contribution is -2.26. The third-order valence-corrected chi connectivity index (χ3v) is 5.78. The second-order valence-electron chi connectivity index (χ2n) is 8.61. The van der Waals surface area contributed by atoms with Crippen molar-refractivity contribution in [3.63, 3.8) is 0 Å². The predicted molar refractivity (Wildman–Crippen MR) is 126 cm³/mol. The minimum absolute atomic E-state index is 0.101. The molecule has 0 aromatic heterocycles. The highest BCUT2D eigenvalue weighted by atomic mass is 16.5. The van der Waals surface area contributed by atoms with Gasteiger partial charge in [-0.25, -0.2) is 0 Å². The van der Waals surface area contributed by atoms with E-state index in [4.69, 9.17) is 4.74 Å². The van der Waals surface area contributed by atoms with E-state index in [2.05, 4.69) is 36.4 Å². The van der Waals surface area contributed by atoms with Crippen molar-refractivity contribution in [3.8, 4) is 5.75 Å². The Balaban J connectivity index is 1.34. The van der Waals surface area contributed by atoms with E-state index in [1.165, 1.54) is 17.5 Å². The van der Waals surface area contributed by atoms with Crippen molar-refractivity contribution in [3.05, 3.63) is 95.1 Å². The van der Waals surface area contributed by atoms with Crippen LogP contribution in [0.25, 0.3) is 0 Å². The zero-order valence-electron chi connectivity index (χ0n) is 18.3. The number of carbonyl (C=O) groups is 1. The molecule has 1 N–H and O–H groups in total. The standard InChI is InChI=1S/C27H30N2O2/c1-29(2)18-21-8-9-24-17-25(13-10-23(24)16-21)28-27(30)22-11-14-26(15-12-22)31-19-20-6-4-3-5-7-20/h3-7,10-15,17,21H,8-9,16,18-19H2,1-2H3,(H,28,30). The number of amides is 1. The number of fused-ring (bicyclic) bond motifs is 1. The smallest absolute Gasteiger partial charge is 0.255 e. The lowest BCUT2D eigenvalue weighted by molar-refractivity contribution is 0.102. The summed E-state index contributed by atoms with van der Waals surface area (Å²) < 4.78 is 5.81.